The van der Waals surface area contributed by atoms with Crippen molar-refractivity contribution >= 4 is 55.2 Å². The SMILES string of the molecule is CN(C)c1cccc2c(S(=O)(=O)NCCOC(=O)NCCCI)cccc12. The lowest BCUT2D eigenvalue weighted by Gasteiger charge is -2.17. The molecule has 1 amide bonds. The number of hydrogen-bond donors (Lipinski definition) is 2. The van der Waals surface area contributed by atoms with Crippen LogP contribution in [0.1, 0.15) is 6.42 Å². The largest absolute Gasteiger partial charge is 0.448 e. The molecule has 0 aliphatic carbocycles. The standard InChI is InChI=1S/C18H24IN3O4S/c1-22(2)16-8-3-7-15-14(16)6-4-9-17(15)27(24,25)21-12-13-26-18(23)20-11-5-10-19/h3-4,6-9,21H,5,10-13H2,1-2H3,(H,20,23). The molecule has 9 heteroatoms. The fraction of sp³-hybridized carbons (Fsp3) is 0.389. The van der Waals surface area contributed by atoms with Crippen molar-refractivity contribution in [1.29, 1.82) is 0 Å². The molecule has 0 aliphatic rings. The number of carbonyl (C=O) groups is 1. The van der Waals surface area contributed by atoms with Crippen molar-refractivity contribution in [3.63, 3.8) is 0 Å². The third-order valence-electron chi connectivity index (χ3n) is 3.84. The predicted molar refractivity (Wildman–Crippen MR) is 116 cm³/mol. The van der Waals surface area contributed by atoms with Gasteiger partial charge in [-0.15, -0.1) is 0 Å². The van der Waals surface area contributed by atoms with E-state index in [4.69, 9.17) is 4.74 Å². The molecule has 0 saturated carbocycles. The van der Waals surface area contributed by atoms with Gasteiger partial charge in [-0.25, -0.2) is 17.9 Å². The number of nitrogens with zero attached hydrogens (tertiary/aromatic N) is 1. The first kappa shape index (κ1) is 21.7. The highest BCUT2D eigenvalue weighted by atomic mass is 127. The summed E-state index contributed by atoms with van der Waals surface area (Å²) in [6.07, 6.45) is 0.318. The summed E-state index contributed by atoms with van der Waals surface area (Å²) < 4.78 is 33.8. The van der Waals surface area contributed by atoms with E-state index in [1.54, 1.807) is 18.2 Å². The predicted octanol–water partition coefficient (Wildman–Crippen LogP) is 2.74. The highest BCUT2D eigenvalue weighted by Gasteiger charge is 2.18. The van der Waals surface area contributed by atoms with Gasteiger partial charge in [-0.1, -0.05) is 46.9 Å². The molecule has 0 spiro atoms. The van der Waals surface area contributed by atoms with Crippen LogP contribution in [0.15, 0.2) is 41.3 Å². The zero-order valence-corrected chi connectivity index (χ0v) is 18.3. The fourth-order valence-corrected chi connectivity index (χ4v) is 4.21. The minimum absolute atomic E-state index is 0.00575. The Labute approximate surface area is 173 Å². The minimum atomic E-state index is -3.73. The van der Waals surface area contributed by atoms with Gasteiger partial charge < -0.3 is 15.0 Å². The Bertz CT molecular complexity index is 887. The highest BCUT2D eigenvalue weighted by Crippen LogP contribution is 2.29. The van der Waals surface area contributed by atoms with E-state index in [0.29, 0.717) is 11.9 Å². The van der Waals surface area contributed by atoms with Crippen molar-refractivity contribution in [2.75, 3.05) is 43.1 Å². The maximum absolute atomic E-state index is 12.7. The molecule has 0 heterocycles. The molecular formula is C18H24IN3O4S. The van der Waals surface area contributed by atoms with Gasteiger partial charge in [-0.2, -0.15) is 0 Å². The Morgan fingerprint density at radius 1 is 1.11 bits per heavy atom. The smallest absolute Gasteiger partial charge is 0.407 e. The molecule has 7 nitrogen and oxygen atoms in total. The summed E-state index contributed by atoms with van der Waals surface area (Å²) in [5.41, 5.74) is 0.941. The molecular weight excluding hydrogens is 481 g/mol. The molecule has 27 heavy (non-hydrogen) atoms. The van der Waals surface area contributed by atoms with Gasteiger partial charge in [-0.05, 0) is 18.6 Å². The summed E-state index contributed by atoms with van der Waals surface area (Å²) in [4.78, 5) is 13.6. The average molecular weight is 505 g/mol. The lowest BCUT2D eigenvalue weighted by Crippen LogP contribution is -2.31. The molecule has 0 radical (unpaired) electrons. The topological polar surface area (TPSA) is 87.7 Å². The van der Waals surface area contributed by atoms with Crippen LogP contribution in [0.2, 0.25) is 0 Å². The third kappa shape index (κ3) is 5.94. The number of ether oxygens (including phenoxy) is 1. The summed E-state index contributed by atoms with van der Waals surface area (Å²) in [6, 6.07) is 10.8. The summed E-state index contributed by atoms with van der Waals surface area (Å²) in [5.74, 6) is 0. The van der Waals surface area contributed by atoms with Crippen molar-refractivity contribution in [2.45, 2.75) is 11.3 Å². The molecule has 0 aliphatic heterocycles. The van der Waals surface area contributed by atoms with Crippen LogP contribution >= 0.6 is 22.6 Å². The van der Waals surface area contributed by atoms with E-state index < -0.39 is 16.1 Å². The number of anilines is 1. The van der Waals surface area contributed by atoms with Crippen LogP contribution in [0.4, 0.5) is 10.5 Å². The molecule has 2 aromatic rings. The van der Waals surface area contributed by atoms with Crippen molar-refractivity contribution in [1.82, 2.24) is 10.0 Å². The van der Waals surface area contributed by atoms with Gasteiger partial charge in [0.25, 0.3) is 0 Å². The number of alkyl halides is 1. The molecule has 148 valence electrons. The number of nitrogens with one attached hydrogen (secondary N) is 2. The highest BCUT2D eigenvalue weighted by molar-refractivity contribution is 14.1. The maximum atomic E-state index is 12.7. The number of alkyl carbamates (subject to hydrolysis) is 1. The third-order valence-corrected chi connectivity index (χ3v) is 6.12. The summed E-state index contributed by atoms with van der Waals surface area (Å²) in [7, 11) is 0.0973. The number of carbonyl (C=O) groups excluding carboxylic acids is 1. The number of fused-ring (bicyclic) bond motifs is 1. The Balaban J connectivity index is 2.05. The van der Waals surface area contributed by atoms with Crippen LogP contribution in [0, 0.1) is 0 Å². The molecule has 2 N–H and O–H groups in total. The fourth-order valence-electron chi connectivity index (χ4n) is 2.59. The number of hydrogen-bond acceptors (Lipinski definition) is 5. The lowest BCUT2D eigenvalue weighted by molar-refractivity contribution is 0.148. The molecule has 2 rings (SSSR count). The molecule has 0 aromatic heterocycles. The molecule has 0 saturated heterocycles. The molecule has 0 unspecified atom stereocenters. The second kappa shape index (κ2) is 10.1. The first-order valence-corrected chi connectivity index (χ1v) is 11.5. The number of benzene rings is 2. The van der Waals surface area contributed by atoms with Gasteiger partial charge in [0.1, 0.15) is 6.61 Å². The van der Waals surface area contributed by atoms with Crippen LogP contribution in [0.5, 0.6) is 0 Å². The Kier molecular flexibility index (Phi) is 8.11. The zero-order valence-electron chi connectivity index (χ0n) is 15.4. The molecule has 0 atom stereocenters. The first-order valence-electron chi connectivity index (χ1n) is 8.52. The van der Waals surface area contributed by atoms with Crippen LogP contribution in [-0.2, 0) is 14.8 Å². The number of halogens is 1. The zero-order chi connectivity index (χ0) is 19.9. The molecule has 2 aromatic carbocycles. The van der Waals surface area contributed by atoms with Gasteiger partial charge in [0, 0.05) is 48.1 Å². The van der Waals surface area contributed by atoms with Crippen LogP contribution in [0.3, 0.4) is 0 Å². The second-order valence-electron chi connectivity index (χ2n) is 6.03. The monoisotopic (exact) mass is 505 g/mol. The normalized spacial score (nSPS) is 11.4. The van der Waals surface area contributed by atoms with Gasteiger partial charge in [-0.3, -0.25) is 0 Å². The van der Waals surface area contributed by atoms with E-state index in [2.05, 4.69) is 32.6 Å². The second-order valence-corrected chi connectivity index (χ2v) is 8.84. The average Bonchev–Trinajstić information content (AvgIpc) is 2.64. The number of sulfonamides is 1. The van der Waals surface area contributed by atoms with Crippen LogP contribution in [-0.4, -0.2) is 52.7 Å². The number of rotatable bonds is 9. The van der Waals surface area contributed by atoms with E-state index in [1.807, 2.05) is 37.2 Å². The van der Waals surface area contributed by atoms with Crippen LogP contribution < -0.4 is 14.9 Å². The minimum Gasteiger partial charge on any atom is -0.448 e. The van der Waals surface area contributed by atoms with Crippen molar-refractivity contribution in [3.8, 4) is 0 Å². The van der Waals surface area contributed by atoms with E-state index in [0.717, 1.165) is 21.9 Å². The summed E-state index contributed by atoms with van der Waals surface area (Å²) >= 11 is 2.22. The van der Waals surface area contributed by atoms with Gasteiger partial charge in [0.05, 0.1) is 4.90 Å². The maximum Gasteiger partial charge on any atom is 0.407 e. The van der Waals surface area contributed by atoms with E-state index in [9.17, 15) is 13.2 Å². The molecule has 0 fully saturated rings. The van der Waals surface area contributed by atoms with Crippen molar-refractivity contribution < 1.29 is 17.9 Å². The first-order chi connectivity index (χ1) is 12.9. The quantitative estimate of drug-likeness (QED) is 0.311. The van der Waals surface area contributed by atoms with Gasteiger partial charge >= 0.3 is 6.09 Å². The Hall–Kier alpha value is -1.59. The van der Waals surface area contributed by atoms with Gasteiger partial charge in [0.15, 0.2) is 0 Å². The van der Waals surface area contributed by atoms with Crippen molar-refractivity contribution in [3.05, 3.63) is 36.4 Å². The number of amides is 1. The molecule has 0 bridgehead atoms. The van der Waals surface area contributed by atoms with Crippen LogP contribution in [0.25, 0.3) is 10.8 Å². The van der Waals surface area contributed by atoms with Gasteiger partial charge in [0.2, 0.25) is 10.0 Å². The summed E-state index contributed by atoms with van der Waals surface area (Å²) in [5, 5.41) is 4.11. The summed E-state index contributed by atoms with van der Waals surface area (Å²) in [6.45, 7) is 0.506. The van der Waals surface area contributed by atoms with E-state index in [-0.39, 0.29) is 18.0 Å². The van der Waals surface area contributed by atoms with Crippen molar-refractivity contribution in [2.24, 2.45) is 0 Å². The Morgan fingerprint density at radius 3 is 2.52 bits per heavy atom. The Morgan fingerprint density at radius 2 is 1.81 bits per heavy atom. The lowest BCUT2D eigenvalue weighted by atomic mass is 10.1. The van der Waals surface area contributed by atoms with E-state index >= 15 is 0 Å². The van der Waals surface area contributed by atoms with E-state index in [1.165, 1.54) is 0 Å².